The molecule has 0 unspecified atom stereocenters. The number of piperidine rings is 1. The van der Waals surface area contributed by atoms with E-state index in [1.807, 2.05) is 42.5 Å². The van der Waals surface area contributed by atoms with E-state index in [0.29, 0.717) is 6.54 Å². The molecule has 0 radical (unpaired) electrons. The molecule has 6 heteroatoms. The molecule has 2 saturated heterocycles. The van der Waals surface area contributed by atoms with E-state index in [1.54, 1.807) is 0 Å². The van der Waals surface area contributed by atoms with Crippen LogP contribution in [-0.2, 0) is 9.59 Å². The molecule has 2 heterocycles. The highest BCUT2D eigenvalue weighted by Gasteiger charge is 2.30. The minimum atomic E-state index is 0.0860. The summed E-state index contributed by atoms with van der Waals surface area (Å²) in [5.41, 5.74) is 0. The summed E-state index contributed by atoms with van der Waals surface area (Å²) in [4.78, 5) is 30.7. The Morgan fingerprint density at radius 3 is 2.27 bits per heavy atom. The van der Waals surface area contributed by atoms with Gasteiger partial charge in [-0.3, -0.25) is 14.5 Å². The molecule has 0 aromatic rings. The van der Waals surface area contributed by atoms with Crippen molar-refractivity contribution in [3.8, 4) is 0 Å². The molecule has 0 aliphatic carbocycles. The molecule has 22 heavy (non-hydrogen) atoms. The Hall–Kier alpha value is -0.750. The second kappa shape index (κ2) is 8.20. The van der Waals surface area contributed by atoms with Gasteiger partial charge in [-0.2, -0.15) is 11.8 Å². The molecule has 0 atom stereocenters. The molecule has 5 nitrogen and oxygen atoms in total. The van der Waals surface area contributed by atoms with Crippen molar-refractivity contribution < 1.29 is 9.59 Å². The van der Waals surface area contributed by atoms with Crippen LogP contribution in [0.4, 0.5) is 0 Å². The third-order valence-corrected chi connectivity index (χ3v) is 5.72. The van der Waals surface area contributed by atoms with Crippen molar-refractivity contribution in [3.05, 3.63) is 0 Å². The Kier molecular flexibility index (Phi) is 6.56. The van der Waals surface area contributed by atoms with Gasteiger partial charge in [0.05, 0.1) is 6.54 Å². The number of nitrogens with zero attached hydrogens (tertiary/aromatic N) is 3. The molecule has 0 saturated carbocycles. The monoisotopic (exact) mass is 327 g/mol. The number of amides is 2. The minimum absolute atomic E-state index is 0.0860. The van der Waals surface area contributed by atoms with Gasteiger partial charge in [0.15, 0.2) is 0 Å². The molecular weight excluding hydrogens is 298 g/mol. The van der Waals surface area contributed by atoms with Crippen LogP contribution in [0.5, 0.6) is 0 Å². The normalized spacial score (nSPS) is 21.2. The minimum Gasteiger partial charge on any atom is -0.343 e. The van der Waals surface area contributed by atoms with Gasteiger partial charge >= 0.3 is 0 Å². The predicted molar refractivity (Wildman–Crippen MR) is 91.0 cm³/mol. The fourth-order valence-corrected chi connectivity index (χ4v) is 3.95. The molecule has 126 valence electrons. The van der Waals surface area contributed by atoms with Crippen LogP contribution in [0.1, 0.15) is 26.7 Å². The van der Waals surface area contributed by atoms with Gasteiger partial charge in [0, 0.05) is 56.7 Å². The molecular formula is C16H29N3O2S. The SMILES string of the molecule is CC(C)N(C)C(=O)C1CCN(C(=O)CN2CCSCC2)CC1. The Labute approximate surface area is 138 Å². The second-order valence-electron chi connectivity index (χ2n) is 6.59. The Bertz CT molecular complexity index is 389. The topological polar surface area (TPSA) is 43.9 Å². The number of thioether (sulfide) groups is 1. The average molecular weight is 327 g/mol. The van der Waals surface area contributed by atoms with Crippen molar-refractivity contribution in [2.24, 2.45) is 5.92 Å². The lowest BCUT2D eigenvalue weighted by Crippen LogP contribution is -2.48. The van der Waals surface area contributed by atoms with Crippen LogP contribution < -0.4 is 0 Å². The number of rotatable bonds is 4. The molecule has 0 bridgehead atoms. The molecule has 0 N–H and O–H groups in total. The van der Waals surface area contributed by atoms with Crippen molar-refractivity contribution in [1.29, 1.82) is 0 Å². The highest BCUT2D eigenvalue weighted by molar-refractivity contribution is 7.99. The standard InChI is InChI=1S/C16H29N3O2S/c1-13(2)17(3)16(21)14-4-6-19(7-5-14)15(20)12-18-8-10-22-11-9-18/h13-14H,4-12H2,1-3H3. The maximum absolute atomic E-state index is 12.4. The molecule has 0 aromatic carbocycles. The Morgan fingerprint density at radius 1 is 1.14 bits per heavy atom. The van der Waals surface area contributed by atoms with Gasteiger partial charge in [0.1, 0.15) is 0 Å². The van der Waals surface area contributed by atoms with Crippen LogP contribution in [0.15, 0.2) is 0 Å². The summed E-state index contributed by atoms with van der Waals surface area (Å²) >= 11 is 1.96. The summed E-state index contributed by atoms with van der Waals surface area (Å²) in [6.07, 6.45) is 1.61. The molecule has 2 aliphatic heterocycles. The first kappa shape index (κ1) is 17.6. The summed E-state index contributed by atoms with van der Waals surface area (Å²) in [5, 5.41) is 0. The van der Waals surface area contributed by atoms with E-state index in [2.05, 4.69) is 4.90 Å². The average Bonchev–Trinajstić information content (AvgIpc) is 2.54. The van der Waals surface area contributed by atoms with E-state index in [0.717, 1.165) is 50.5 Å². The Balaban J connectivity index is 1.76. The number of carbonyl (C=O) groups is 2. The van der Waals surface area contributed by atoms with E-state index in [-0.39, 0.29) is 23.8 Å². The van der Waals surface area contributed by atoms with Crippen LogP contribution in [0.25, 0.3) is 0 Å². The third kappa shape index (κ3) is 4.62. The van der Waals surface area contributed by atoms with E-state index >= 15 is 0 Å². The van der Waals surface area contributed by atoms with E-state index in [1.165, 1.54) is 0 Å². The summed E-state index contributed by atoms with van der Waals surface area (Å²) in [6, 6.07) is 0.240. The number of likely N-dealkylation sites (tertiary alicyclic amines) is 1. The van der Waals surface area contributed by atoms with Crippen LogP contribution in [-0.4, -0.2) is 83.8 Å². The van der Waals surface area contributed by atoms with Gasteiger partial charge in [-0.05, 0) is 26.7 Å². The van der Waals surface area contributed by atoms with Gasteiger partial charge in [-0.15, -0.1) is 0 Å². The first-order chi connectivity index (χ1) is 10.5. The van der Waals surface area contributed by atoms with Crippen LogP contribution in [0.2, 0.25) is 0 Å². The number of hydrogen-bond donors (Lipinski definition) is 0. The van der Waals surface area contributed by atoms with E-state index in [4.69, 9.17) is 0 Å². The van der Waals surface area contributed by atoms with Crippen molar-refractivity contribution >= 4 is 23.6 Å². The first-order valence-corrected chi connectivity index (χ1v) is 9.49. The lowest BCUT2D eigenvalue weighted by molar-refractivity contribution is -0.141. The summed E-state index contributed by atoms with van der Waals surface area (Å²) in [7, 11) is 1.87. The predicted octanol–water partition coefficient (Wildman–Crippen LogP) is 1.14. The van der Waals surface area contributed by atoms with E-state index in [9.17, 15) is 9.59 Å². The summed E-state index contributed by atoms with van der Waals surface area (Å²) in [6.45, 7) is 8.11. The number of carbonyl (C=O) groups excluding carboxylic acids is 2. The zero-order valence-corrected chi connectivity index (χ0v) is 14.9. The van der Waals surface area contributed by atoms with Gasteiger partial charge in [0.25, 0.3) is 0 Å². The molecule has 0 spiro atoms. The van der Waals surface area contributed by atoms with Crippen LogP contribution in [0, 0.1) is 5.92 Å². The van der Waals surface area contributed by atoms with Crippen molar-refractivity contribution in [3.63, 3.8) is 0 Å². The summed E-state index contributed by atoms with van der Waals surface area (Å²) in [5.74, 6) is 2.81. The molecule has 2 aliphatic rings. The van der Waals surface area contributed by atoms with Crippen LogP contribution >= 0.6 is 11.8 Å². The largest absolute Gasteiger partial charge is 0.343 e. The van der Waals surface area contributed by atoms with Gasteiger partial charge < -0.3 is 9.80 Å². The lowest BCUT2D eigenvalue weighted by Gasteiger charge is -2.35. The van der Waals surface area contributed by atoms with Crippen molar-refractivity contribution in [2.45, 2.75) is 32.7 Å². The summed E-state index contributed by atoms with van der Waals surface area (Å²) < 4.78 is 0. The van der Waals surface area contributed by atoms with Gasteiger partial charge in [-0.25, -0.2) is 0 Å². The fourth-order valence-electron chi connectivity index (χ4n) is 2.97. The van der Waals surface area contributed by atoms with Gasteiger partial charge in [0.2, 0.25) is 11.8 Å². The van der Waals surface area contributed by atoms with Gasteiger partial charge in [-0.1, -0.05) is 0 Å². The smallest absolute Gasteiger partial charge is 0.236 e. The number of hydrogen-bond acceptors (Lipinski definition) is 4. The molecule has 2 rings (SSSR count). The van der Waals surface area contributed by atoms with Crippen molar-refractivity contribution in [2.75, 3.05) is 51.3 Å². The zero-order chi connectivity index (χ0) is 16.1. The Morgan fingerprint density at radius 2 is 1.73 bits per heavy atom. The fraction of sp³-hybridized carbons (Fsp3) is 0.875. The molecule has 0 aromatic heterocycles. The molecule has 2 amide bonds. The third-order valence-electron chi connectivity index (χ3n) is 4.78. The highest BCUT2D eigenvalue weighted by atomic mass is 32.2. The highest BCUT2D eigenvalue weighted by Crippen LogP contribution is 2.20. The van der Waals surface area contributed by atoms with E-state index < -0.39 is 0 Å². The van der Waals surface area contributed by atoms with Crippen molar-refractivity contribution in [1.82, 2.24) is 14.7 Å². The lowest BCUT2D eigenvalue weighted by atomic mass is 9.95. The van der Waals surface area contributed by atoms with Crippen LogP contribution in [0.3, 0.4) is 0 Å². The second-order valence-corrected chi connectivity index (χ2v) is 7.81. The quantitative estimate of drug-likeness (QED) is 0.777. The maximum atomic E-state index is 12.4. The maximum Gasteiger partial charge on any atom is 0.236 e. The molecule has 2 fully saturated rings. The zero-order valence-electron chi connectivity index (χ0n) is 14.1. The first-order valence-electron chi connectivity index (χ1n) is 8.33.